The number of anilines is 1. The molecule has 0 aromatic heterocycles. The second-order valence-electron chi connectivity index (χ2n) is 4.67. The molecule has 1 atom stereocenters. The Morgan fingerprint density at radius 2 is 1.76 bits per heavy atom. The van der Waals surface area contributed by atoms with Crippen LogP contribution in [0.15, 0.2) is 54.6 Å². The van der Waals surface area contributed by atoms with Crippen molar-refractivity contribution in [3.63, 3.8) is 0 Å². The first-order valence-corrected chi connectivity index (χ1v) is 7.73. The Morgan fingerprint density at radius 1 is 1.10 bits per heavy atom. The lowest BCUT2D eigenvalue weighted by atomic mass is 10.1. The molecule has 3 N–H and O–H groups in total. The molecule has 0 spiro atoms. The molecule has 0 radical (unpaired) electrons. The third-order valence-electron chi connectivity index (χ3n) is 2.98. The summed E-state index contributed by atoms with van der Waals surface area (Å²) in [6.45, 7) is -0.102. The Balaban J connectivity index is 1.89. The fourth-order valence-corrected chi connectivity index (χ4v) is 2.31. The van der Waals surface area contributed by atoms with Crippen LogP contribution < -0.4 is 10.6 Å². The van der Waals surface area contributed by atoms with Crippen LogP contribution in [-0.2, 0) is 6.42 Å². The van der Waals surface area contributed by atoms with Crippen LogP contribution in [0.3, 0.4) is 0 Å². The van der Waals surface area contributed by atoms with E-state index >= 15 is 0 Å². The minimum Gasteiger partial charge on any atom is -0.394 e. The molecule has 0 saturated heterocycles. The van der Waals surface area contributed by atoms with E-state index in [-0.39, 0.29) is 18.7 Å². The van der Waals surface area contributed by atoms with Crippen molar-refractivity contribution in [1.82, 2.24) is 5.32 Å². The summed E-state index contributed by atoms with van der Waals surface area (Å²) in [5.74, 6) is 0. The van der Waals surface area contributed by atoms with Crippen molar-refractivity contribution in [3.8, 4) is 0 Å². The molecule has 2 rings (SSSR count). The van der Waals surface area contributed by atoms with Crippen molar-refractivity contribution < 1.29 is 9.90 Å². The molecule has 2 aromatic rings. The van der Waals surface area contributed by atoms with Gasteiger partial charge in [-0.2, -0.15) is 0 Å². The van der Waals surface area contributed by atoms with Gasteiger partial charge in [-0.05, 0) is 58.8 Å². The molecule has 0 aliphatic rings. The van der Waals surface area contributed by atoms with Gasteiger partial charge in [0.2, 0.25) is 0 Å². The molecule has 2 aromatic carbocycles. The summed E-state index contributed by atoms with van der Waals surface area (Å²) in [5, 5.41) is 14.9. The van der Waals surface area contributed by atoms with Gasteiger partial charge in [-0.3, -0.25) is 0 Å². The molecule has 0 heterocycles. The minimum absolute atomic E-state index is 0.102. The van der Waals surface area contributed by atoms with Crippen LogP contribution in [0.4, 0.5) is 10.5 Å². The number of aliphatic hydroxyl groups excluding tert-OH is 1. The van der Waals surface area contributed by atoms with E-state index < -0.39 is 0 Å². The van der Waals surface area contributed by atoms with Gasteiger partial charge >= 0.3 is 6.03 Å². The molecule has 0 fully saturated rings. The highest BCUT2D eigenvalue weighted by atomic mass is 127. The van der Waals surface area contributed by atoms with Gasteiger partial charge in [0.25, 0.3) is 0 Å². The molecule has 1 unspecified atom stereocenters. The molecule has 0 aliphatic heterocycles. The number of rotatable bonds is 5. The summed E-state index contributed by atoms with van der Waals surface area (Å²) in [4.78, 5) is 11.9. The quantitative estimate of drug-likeness (QED) is 0.681. The molecular weight excluding hydrogens is 379 g/mol. The summed E-state index contributed by atoms with van der Waals surface area (Å²) in [6.07, 6.45) is 0.595. The Hall–Kier alpha value is -1.60. The van der Waals surface area contributed by atoms with E-state index in [0.29, 0.717) is 6.42 Å². The maximum Gasteiger partial charge on any atom is 0.319 e. The van der Waals surface area contributed by atoms with Crippen molar-refractivity contribution in [2.24, 2.45) is 0 Å². The van der Waals surface area contributed by atoms with Crippen LogP contribution in [0.25, 0.3) is 0 Å². The Labute approximate surface area is 137 Å². The van der Waals surface area contributed by atoms with Gasteiger partial charge in [0, 0.05) is 9.26 Å². The average Bonchev–Trinajstić information content (AvgIpc) is 2.50. The second kappa shape index (κ2) is 7.99. The van der Waals surface area contributed by atoms with Crippen LogP contribution >= 0.6 is 22.6 Å². The number of carbonyl (C=O) groups is 1. The predicted octanol–water partition coefficient (Wildman–Crippen LogP) is 3.02. The zero-order valence-electron chi connectivity index (χ0n) is 11.4. The van der Waals surface area contributed by atoms with E-state index in [4.69, 9.17) is 0 Å². The van der Waals surface area contributed by atoms with E-state index in [1.54, 1.807) is 0 Å². The predicted molar refractivity (Wildman–Crippen MR) is 92.3 cm³/mol. The number of aliphatic hydroxyl groups is 1. The lowest BCUT2D eigenvalue weighted by Gasteiger charge is -2.17. The number of urea groups is 1. The summed E-state index contributed by atoms with van der Waals surface area (Å²) in [6, 6.07) is 16.7. The van der Waals surface area contributed by atoms with E-state index in [2.05, 4.69) is 33.2 Å². The molecule has 21 heavy (non-hydrogen) atoms. The first-order chi connectivity index (χ1) is 10.2. The number of nitrogens with one attached hydrogen (secondary N) is 2. The lowest BCUT2D eigenvalue weighted by Crippen LogP contribution is -2.41. The third-order valence-corrected chi connectivity index (χ3v) is 3.70. The summed E-state index contributed by atoms with van der Waals surface area (Å²) in [7, 11) is 0. The van der Waals surface area contributed by atoms with Crippen molar-refractivity contribution in [2.45, 2.75) is 12.5 Å². The number of hydrogen-bond donors (Lipinski definition) is 3. The van der Waals surface area contributed by atoms with E-state index in [1.807, 2.05) is 54.6 Å². The first-order valence-electron chi connectivity index (χ1n) is 6.65. The second-order valence-corrected chi connectivity index (χ2v) is 5.92. The van der Waals surface area contributed by atoms with Crippen molar-refractivity contribution in [2.75, 3.05) is 11.9 Å². The van der Waals surface area contributed by atoms with Crippen molar-refractivity contribution in [3.05, 3.63) is 63.7 Å². The Morgan fingerprint density at radius 3 is 2.38 bits per heavy atom. The lowest BCUT2D eigenvalue weighted by molar-refractivity contribution is 0.224. The largest absolute Gasteiger partial charge is 0.394 e. The van der Waals surface area contributed by atoms with Gasteiger partial charge in [-0.1, -0.05) is 30.3 Å². The highest BCUT2D eigenvalue weighted by Crippen LogP contribution is 2.11. The maximum atomic E-state index is 11.9. The number of carbonyl (C=O) groups excluding carboxylic acids is 1. The molecule has 5 heteroatoms. The normalized spacial score (nSPS) is 11.7. The number of benzene rings is 2. The number of amides is 2. The van der Waals surface area contributed by atoms with Gasteiger partial charge in [0.1, 0.15) is 0 Å². The summed E-state index contributed by atoms with van der Waals surface area (Å²) < 4.78 is 1.11. The monoisotopic (exact) mass is 396 g/mol. The smallest absolute Gasteiger partial charge is 0.319 e. The molecule has 110 valence electrons. The van der Waals surface area contributed by atoms with Gasteiger partial charge < -0.3 is 15.7 Å². The molecule has 2 amide bonds. The van der Waals surface area contributed by atoms with Crippen molar-refractivity contribution in [1.29, 1.82) is 0 Å². The average molecular weight is 396 g/mol. The van der Waals surface area contributed by atoms with E-state index in [0.717, 1.165) is 14.8 Å². The van der Waals surface area contributed by atoms with Gasteiger partial charge in [0.15, 0.2) is 0 Å². The maximum absolute atomic E-state index is 11.9. The van der Waals surface area contributed by atoms with E-state index in [9.17, 15) is 9.90 Å². The Bertz CT molecular complexity index is 573. The van der Waals surface area contributed by atoms with Crippen molar-refractivity contribution >= 4 is 34.3 Å². The third kappa shape index (κ3) is 5.35. The molecule has 0 bridgehead atoms. The van der Waals surface area contributed by atoms with E-state index in [1.165, 1.54) is 0 Å². The van der Waals surface area contributed by atoms with Gasteiger partial charge in [0.05, 0.1) is 12.6 Å². The zero-order chi connectivity index (χ0) is 15.1. The highest BCUT2D eigenvalue weighted by Gasteiger charge is 2.12. The fourth-order valence-electron chi connectivity index (χ4n) is 1.95. The SMILES string of the molecule is O=C(Nc1ccc(I)cc1)NC(CO)Cc1ccccc1. The zero-order valence-corrected chi connectivity index (χ0v) is 13.6. The highest BCUT2D eigenvalue weighted by molar-refractivity contribution is 14.1. The van der Waals surface area contributed by atoms with Gasteiger partial charge in [-0.15, -0.1) is 0 Å². The standard InChI is InChI=1S/C16H17IN2O2/c17-13-6-8-14(9-7-13)18-16(21)19-15(11-20)10-12-4-2-1-3-5-12/h1-9,15,20H,10-11H2,(H2,18,19,21). The molecule has 0 saturated carbocycles. The van der Waals surface area contributed by atoms with Gasteiger partial charge in [-0.25, -0.2) is 4.79 Å². The minimum atomic E-state index is -0.314. The molecule has 0 aliphatic carbocycles. The summed E-state index contributed by atoms with van der Waals surface area (Å²) >= 11 is 2.21. The fraction of sp³-hybridized carbons (Fsp3) is 0.188. The number of halogens is 1. The van der Waals surface area contributed by atoms with Crippen LogP contribution in [0.1, 0.15) is 5.56 Å². The van der Waals surface area contributed by atoms with Crippen LogP contribution in [0.5, 0.6) is 0 Å². The molecule has 4 nitrogen and oxygen atoms in total. The first kappa shape index (κ1) is 15.8. The molecular formula is C16H17IN2O2. The summed E-state index contributed by atoms with van der Waals surface area (Å²) in [5.41, 5.74) is 1.80. The Kier molecular flexibility index (Phi) is 6.01. The van der Waals surface area contributed by atoms with Crippen LogP contribution in [0, 0.1) is 3.57 Å². The van der Waals surface area contributed by atoms with Crippen LogP contribution in [0.2, 0.25) is 0 Å². The van der Waals surface area contributed by atoms with Crippen LogP contribution in [-0.4, -0.2) is 23.8 Å². The number of hydrogen-bond acceptors (Lipinski definition) is 2. The topological polar surface area (TPSA) is 61.4 Å².